The van der Waals surface area contributed by atoms with E-state index in [0.29, 0.717) is 22.1 Å². The zero-order chi connectivity index (χ0) is 17.9. The van der Waals surface area contributed by atoms with Gasteiger partial charge in [-0.2, -0.15) is 0 Å². The average molecular weight is 412 g/mol. The topological polar surface area (TPSA) is 67.4 Å². The zero-order valence-corrected chi connectivity index (χ0v) is 15.7. The molecule has 2 aromatic carbocycles. The van der Waals surface area contributed by atoms with Gasteiger partial charge in [-0.1, -0.05) is 27.5 Å². The molecular weight excluding hydrogens is 396 g/mol. The fourth-order valence-electron chi connectivity index (χ4n) is 2.02. The van der Waals surface area contributed by atoms with Crippen molar-refractivity contribution in [1.82, 2.24) is 0 Å². The highest BCUT2D eigenvalue weighted by molar-refractivity contribution is 9.10. The third-order valence-corrected chi connectivity index (χ3v) is 4.65. The van der Waals surface area contributed by atoms with Crippen molar-refractivity contribution in [3.8, 4) is 5.75 Å². The van der Waals surface area contributed by atoms with Crippen molar-refractivity contribution in [1.29, 1.82) is 0 Å². The molecule has 0 saturated heterocycles. The lowest BCUT2D eigenvalue weighted by Crippen LogP contribution is -2.29. The van der Waals surface area contributed by atoms with Gasteiger partial charge < -0.3 is 15.4 Å². The number of aryl methyl sites for hydroxylation is 2. The minimum atomic E-state index is -0.796. The van der Waals surface area contributed by atoms with Gasteiger partial charge in [0, 0.05) is 21.2 Å². The Hall–Kier alpha value is -2.05. The van der Waals surface area contributed by atoms with Gasteiger partial charge in [-0.15, -0.1) is 0 Å². The first kappa shape index (κ1) is 18.3. The van der Waals surface area contributed by atoms with Crippen LogP contribution >= 0.6 is 27.5 Å². The second-order valence-electron chi connectivity index (χ2n) is 5.17. The van der Waals surface area contributed by atoms with Crippen LogP contribution in [0.25, 0.3) is 0 Å². The van der Waals surface area contributed by atoms with Crippen LogP contribution in [0.4, 0.5) is 11.4 Å². The summed E-state index contributed by atoms with van der Waals surface area (Å²) in [5.74, 6) is -1.19. The monoisotopic (exact) mass is 410 g/mol. The predicted octanol–water partition coefficient (Wildman–Crippen LogP) is 4.31. The molecule has 0 aromatic heterocycles. The van der Waals surface area contributed by atoms with E-state index in [0.717, 1.165) is 15.6 Å². The Morgan fingerprint density at radius 3 is 2.33 bits per heavy atom. The molecular formula is C17H16BrClN2O3. The summed E-state index contributed by atoms with van der Waals surface area (Å²) in [6.45, 7) is 3.68. The van der Waals surface area contributed by atoms with Crippen LogP contribution in [0, 0.1) is 13.8 Å². The van der Waals surface area contributed by atoms with Crippen molar-refractivity contribution in [2.24, 2.45) is 0 Å². The molecule has 0 fully saturated rings. The lowest BCUT2D eigenvalue weighted by molar-refractivity contribution is -0.133. The lowest BCUT2D eigenvalue weighted by Gasteiger charge is -2.12. The number of hydrogen-bond acceptors (Lipinski definition) is 3. The Labute approximate surface area is 153 Å². The number of carbonyl (C=O) groups excluding carboxylic acids is 2. The van der Waals surface area contributed by atoms with Crippen LogP contribution in [0.2, 0.25) is 5.02 Å². The van der Waals surface area contributed by atoms with E-state index in [9.17, 15) is 9.59 Å². The number of nitrogens with one attached hydrogen (secondary N) is 2. The van der Waals surface area contributed by atoms with Gasteiger partial charge in [-0.3, -0.25) is 9.59 Å². The molecule has 0 unspecified atom stereocenters. The summed E-state index contributed by atoms with van der Waals surface area (Å²) < 4.78 is 6.10. The second-order valence-corrected chi connectivity index (χ2v) is 6.44. The maximum atomic E-state index is 12.1. The molecule has 0 bridgehead atoms. The zero-order valence-electron chi connectivity index (χ0n) is 13.4. The molecule has 2 rings (SSSR count). The highest BCUT2D eigenvalue weighted by Crippen LogP contribution is 2.31. The van der Waals surface area contributed by atoms with Crippen molar-refractivity contribution >= 4 is 50.7 Å². The number of methoxy groups -OCH3 is 1. The molecule has 0 aliphatic heterocycles. The van der Waals surface area contributed by atoms with Crippen LogP contribution in [0.15, 0.2) is 34.8 Å². The lowest BCUT2D eigenvalue weighted by atomic mass is 10.2. The summed E-state index contributed by atoms with van der Waals surface area (Å²) in [6.07, 6.45) is 0. The largest absolute Gasteiger partial charge is 0.495 e. The van der Waals surface area contributed by atoms with Crippen LogP contribution < -0.4 is 15.4 Å². The Bertz CT molecular complexity index is 809. The van der Waals surface area contributed by atoms with Gasteiger partial charge in [0.05, 0.1) is 12.8 Å². The highest BCUT2D eigenvalue weighted by Gasteiger charge is 2.17. The summed E-state index contributed by atoms with van der Waals surface area (Å²) in [6, 6.07) is 8.50. The normalized spacial score (nSPS) is 10.2. The quantitative estimate of drug-likeness (QED) is 0.740. The van der Waals surface area contributed by atoms with E-state index in [2.05, 4.69) is 26.6 Å². The number of hydrogen-bond donors (Lipinski definition) is 2. The molecule has 0 radical (unpaired) electrons. The van der Waals surface area contributed by atoms with Gasteiger partial charge in [-0.05, 0) is 49.2 Å². The Kier molecular flexibility index (Phi) is 5.85. The second kappa shape index (κ2) is 7.68. The Morgan fingerprint density at radius 2 is 1.71 bits per heavy atom. The van der Waals surface area contributed by atoms with Gasteiger partial charge in [0.15, 0.2) is 0 Å². The molecule has 0 spiro atoms. The third-order valence-electron chi connectivity index (χ3n) is 3.35. The minimum absolute atomic E-state index is 0.381. The summed E-state index contributed by atoms with van der Waals surface area (Å²) in [4.78, 5) is 24.2. The highest BCUT2D eigenvalue weighted by atomic mass is 79.9. The van der Waals surface area contributed by atoms with E-state index in [1.54, 1.807) is 37.3 Å². The van der Waals surface area contributed by atoms with Crippen LogP contribution in [-0.4, -0.2) is 18.9 Å². The van der Waals surface area contributed by atoms with Gasteiger partial charge in [0.25, 0.3) is 0 Å². The number of benzene rings is 2. The van der Waals surface area contributed by atoms with E-state index in [1.807, 2.05) is 6.92 Å². The molecule has 24 heavy (non-hydrogen) atoms. The number of halogens is 2. The number of rotatable bonds is 3. The van der Waals surface area contributed by atoms with E-state index in [1.165, 1.54) is 7.11 Å². The molecule has 0 saturated carbocycles. The molecule has 2 amide bonds. The SMILES string of the molecule is COc1cc(Cl)c(C)cc1NC(=O)C(=O)Nc1ccc(Br)c(C)c1. The van der Waals surface area contributed by atoms with E-state index >= 15 is 0 Å². The molecule has 0 aliphatic rings. The molecule has 126 valence electrons. The summed E-state index contributed by atoms with van der Waals surface area (Å²) in [5.41, 5.74) is 2.63. The third kappa shape index (κ3) is 4.27. The number of anilines is 2. The summed E-state index contributed by atoms with van der Waals surface area (Å²) in [7, 11) is 1.46. The van der Waals surface area contributed by atoms with E-state index < -0.39 is 11.8 Å². The Balaban J connectivity index is 2.13. The maximum absolute atomic E-state index is 12.1. The van der Waals surface area contributed by atoms with Crippen LogP contribution in [0.3, 0.4) is 0 Å². The van der Waals surface area contributed by atoms with Crippen molar-refractivity contribution in [2.75, 3.05) is 17.7 Å². The molecule has 2 N–H and O–H groups in total. The van der Waals surface area contributed by atoms with Crippen LogP contribution in [0.1, 0.15) is 11.1 Å². The number of ether oxygens (including phenoxy) is 1. The summed E-state index contributed by atoms with van der Waals surface area (Å²) in [5, 5.41) is 5.60. The molecule has 0 aliphatic carbocycles. The fourth-order valence-corrected chi connectivity index (χ4v) is 2.42. The van der Waals surface area contributed by atoms with E-state index in [4.69, 9.17) is 16.3 Å². The van der Waals surface area contributed by atoms with Crippen molar-refractivity contribution in [3.63, 3.8) is 0 Å². The first-order chi connectivity index (χ1) is 11.3. The predicted molar refractivity (Wildman–Crippen MR) is 98.9 cm³/mol. The number of amides is 2. The maximum Gasteiger partial charge on any atom is 0.314 e. The Morgan fingerprint density at radius 1 is 1.04 bits per heavy atom. The molecule has 0 atom stereocenters. The molecule has 0 heterocycles. The van der Waals surface area contributed by atoms with Crippen LogP contribution in [-0.2, 0) is 9.59 Å². The average Bonchev–Trinajstić information content (AvgIpc) is 2.54. The van der Waals surface area contributed by atoms with Crippen LogP contribution in [0.5, 0.6) is 5.75 Å². The van der Waals surface area contributed by atoms with E-state index in [-0.39, 0.29) is 0 Å². The first-order valence-electron chi connectivity index (χ1n) is 7.04. The van der Waals surface area contributed by atoms with Gasteiger partial charge in [0.1, 0.15) is 5.75 Å². The standard InChI is InChI=1S/C17H16BrClN2O3/c1-9-6-11(4-5-12(9)18)20-16(22)17(23)21-14-7-10(2)13(19)8-15(14)24-3/h4-8H,1-3H3,(H,20,22)(H,21,23). The fraction of sp³-hybridized carbons (Fsp3) is 0.176. The molecule has 7 heteroatoms. The smallest absolute Gasteiger partial charge is 0.314 e. The first-order valence-corrected chi connectivity index (χ1v) is 8.21. The van der Waals surface area contributed by atoms with Crippen molar-refractivity contribution in [3.05, 3.63) is 51.0 Å². The van der Waals surface area contributed by atoms with Crippen molar-refractivity contribution in [2.45, 2.75) is 13.8 Å². The summed E-state index contributed by atoms with van der Waals surface area (Å²) >= 11 is 9.40. The number of carbonyl (C=O) groups is 2. The van der Waals surface area contributed by atoms with Crippen molar-refractivity contribution < 1.29 is 14.3 Å². The molecule has 2 aromatic rings. The van der Waals surface area contributed by atoms with Gasteiger partial charge in [0.2, 0.25) is 0 Å². The van der Waals surface area contributed by atoms with Gasteiger partial charge >= 0.3 is 11.8 Å². The van der Waals surface area contributed by atoms with Gasteiger partial charge in [-0.25, -0.2) is 0 Å². The minimum Gasteiger partial charge on any atom is -0.495 e. The molecule has 5 nitrogen and oxygen atoms in total.